The molecule has 0 radical (unpaired) electrons. The zero-order valence-electron chi connectivity index (χ0n) is 8.13. The zero-order chi connectivity index (χ0) is 10.8. The van der Waals surface area contributed by atoms with Gasteiger partial charge in [-0.3, -0.25) is 4.79 Å². The van der Waals surface area contributed by atoms with Crippen LogP contribution in [0, 0.1) is 0 Å². The summed E-state index contributed by atoms with van der Waals surface area (Å²) in [5.41, 5.74) is 0.991. The summed E-state index contributed by atoms with van der Waals surface area (Å²) in [5.74, 6) is 0.128. The van der Waals surface area contributed by atoms with Crippen LogP contribution < -0.4 is 0 Å². The maximum absolute atomic E-state index is 11.9. The third-order valence-electron chi connectivity index (χ3n) is 1.91. The number of halogens is 2. The standard InChI is InChI=1S/C11H12Br2O/c1-11(2,13)10(14)9(12)8-6-4-3-5-7-8/h3-7,9H,1-2H3. The maximum atomic E-state index is 11.9. The highest BCUT2D eigenvalue weighted by atomic mass is 79.9. The van der Waals surface area contributed by atoms with Crippen molar-refractivity contribution in [2.24, 2.45) is 0 Å². The van der Waals surface area contributed by atoms with Crippen LogP contribution >= 0.6 is 31.9 Å². The Kier molecular flexibility index (Phi) is 3.90. The number of Topliss-reactive ketones (excluding diaryl/α,β-unsaturated/α-hetero) is 1. The van der Waals surface area contributed by atoms with E-state index in [1.807, 2.05) is 44.2 Å². The monoisotopic (exact) mass is 318 g/mol. The fraction of sp³-hybridized carbons (Fsp3) is 0.364. The van der Waals surface area contributed by atoms with Crippen LogP contribution in [0.4, 0.5) is 0 Å². The molecule has 14 heavy (non-hydrogen) atoms. The second-order valence-corrected chi connectivity index (χ2v) is 6.51. The lowest BCUT2D eigenvalue weighted by molar-refractivity contribution is -0.119. The second-order valence-electron chi connectivity index (χ2n) is 3.61. The van der Waals surface area contributed by atoms with Gasteiger partial charge in [0.15, 0.2) is 5.78 Å². The molecule has 0 amide bonds. The number of alkyl halides is 2. The fourth-order valence-electron chi connectivity index (χ4n) is 1.07. The summed E-state index contributed by atoms with van der Waals surface area (Å²) in [4.78, 5) is 11.6. The molecular formula is C11H12Br2O. The Hall–Kier alpha value is -0.150. The SMILES string of the molecule is CC(C)(Br)C(=O)C(Br)c1ccccc1. The zero-order valence-corrected chi connectivity index (χ0v) is 11.3. The number of carbonyl (C=O) groups is 1. The molecule has 0 N–H and O–H groups in total. The summed E-state index contributed by atoms with van der Waals surface area (Å²) < 4.78 is -0.489. The minimum absolute atomic E-state index is 0.128. The van der Waals surface area contributed by atoms with Gasteiger partial charge < -0.3 is 0 Å². The first-order chi connectivity index (χ1) is 6.43. The molecule has 0 aliphatic rings. The number of carbonyl (C=O) groups excluding carboxylic acids is 1. The Labute approximate surface area is 101 Å². The van der Waals surface area contributed by atoms with Gasteiger partial charge in [0, 0.05) is 0 Å². The van der Waals surface area contributed by atoms with Gasteiger partial charge in [0.25, 0.3) is 0 Å². The molecule has 0 bridgehead atoms. The van der Waals surface area contributed by atoms with E-state index in [2.05, 4.69) is 31.9 Å². The minimum Gasteiger partial charge on any atom is -0.296 e. The van der Waals surface area contributed by atoms with Crippen LogP contribution in [0.3, 0.4) is 0 Å². The molecule has 1 unspecified atom stereocenters. The number of rotatable bonds is 3. The molecular weight excluding hydrogens is 308 g/mol. The Bertz CT molecular complexity index is 314. The first-order valence-electron chi connectivity index (χ1n) is 4.35. The molecule has 1 nitrogen and oxygen atoms in total. The first-order valence-corrected chi connectivity index (χ1v) is 6.06. The quantitative estimate of drug-likeness (QED) is 0.773. The molecule has 1 aromatic carbocycles. The van der Waals surface area contributed by atoms with Crippen LogP contribution in [-0.4, -0.2) is 10.1 Å². The van der Waals surface area contributed by atoms with E-state index in [4.69, 9.17) is 0 Å². The average molecular weight is 320 g/mol. The smallest absolute Gasteiger partial charge is 0.166 e. The Morgan fingerprint density at radius 3 is 2.21 bits per heavy atom. The van der Waals surface area contributed by atoms with Gasteiger partial charge in [-0.15, -0.1) is 0 Å². The van der Waals surface area contributed by atoms with Gasteiger partial charge in [0.05, 0.1) is 9.15 Å². The highest BCUT2D eigenvalue weighted by molar-refractivity contribution is 9.10. The van der Waals surface area contributed by atoms with Crippen LogP contribution in [0.15, 0.2) is 30.3 Å². The van der Waals surface area contributed by atoms with E-state index in [1.54, 1.807) is 0 Å². The maximum Gasteiger partial charge on any atom is 0.166 e. The number of hydrogen-bond acceptors (Lipinski definition) is 1. The van der Waals surface area contributed by atoms with E-state index in [9.17, 15) is 4.79 Å². The van der Waals surface area contributed by atoms with Gasteiger partial charge in [-0.2, -0.15) is 0 Å². The van der Waals surface area contributed by atoms with Crippen LogP contribution in [0.1, 0.15) is 24.2 Å². The molecule has 1 aromatic rings. The van der Waals surface area contributed by atoms with Gasteiger partial charge in [0.2, 0.25) is 0 Å². The lowest BCUT2D eigenvalue weighted by Gasteiger charge is -2.19. The van der Waals surface area contributed by atoms with Crippen molar-refractivity contribution < 1.29 is 4.79 Å². The van der Waals surface area contributed by atoms with Crippen molar-refractivity contribution >= 4 is 37.6 Å². The molecule has 1 rings (SSSR count). The molecule has 0 fully saturated rings. The Balaban J connectivity index is 2.87. The Morgan fingerprint density at radius 2 is 1.79 bits per heavy atom. The Morgan fingerprint density at radius 1 is 1.29 bits per heavy atom. The molecule has 0 saturated heterocycles. The second kappa shape index (κ2) is 4.58. The predicted molar refractivity (Wildman–Crippen MR) is 66.1 cm³/mol. The lowest BCUT2D eigenvalue weighted by Crippen LogP contribution is -2.27. The molecule has 0 spiro atoms. The largest absolute Gasteiger partial charge is 0.296 e. The minimum atomic E-state index is -0.489. The van der Waals surface area contributed by atoms with Crippen molar-refractivity contribution in [1.29, 1.82) is 0 Å². The molecule has 76 valence electrons. The molecule has 0 saturated carbocycles. The van der Waals surface area contributed by atoms with E-state index in [-0.39, 0.29) is 10.6 Å². The van der Waals surface area contributed by atoms with E-state index in [0.717, 1.165) is 5.56 Å². The van der Waals surface area contributed by atoms with Gasteiger partial charge in [0.1, 0.15) is 0 Å². The highest BCUT2D eigenvalue weighted by Crippen LogP contribution is 2.31. The van der Waals surface area contributed by atoms with Crippen molar-refractivity contribution in [3.8, 4) is 0 Å². The van der Waals surface area contributed by atoms with Gasteiger partial charge in [-0.05, 0) is 19.4 Å². The van der Waals surface area contributed by atoms with E-state index >= 15 is 0 Å². The average Bonchev–Trinajstić information content (AvgIpc) is 2.15. The molecule has 0 aliphatic carbocycles. The fourth-order valence-corrected chi connectivity index (χ4v) is 2.49. The molecule has 0 aromatic heterocycles. The molecule has 0 aliphatic heterocycles. The molecule has 3 heteroatoms. The van der Waals surface area contributed by atoms with Crippen molar-refractivity contribution in [3.05, 3.63) is 35.9 Å². The van der Waals surface area contributed by atoms with Crippen LogP contribution in [0.25, 0.3) is 0 Å². The number of benzene rings is 1. The first kappa shape index (κ1) is 11.9. The lowest BCUT2D eigenvalue weighted by atomic mass is 10.0. The van der Waals surface area contributed by atoms with Crippen molar-refractivity contribution in [2.45, 2.75) is 23.0 Å². The number of ketones is 1. The van der Waals surface area contributed by atoms with Crippen molar-refractivity contribution in [1.82, 2.24) is 0 Å². The summed E-state index contributed by atoms with van der Waals surface area (Å²) in [6.45, 7) is 3.71. The summed E-state index contributed by atoms with van der Waals surface area (Å²) >= 11 is 6.77. The normalized spacial score (nSPS) is 13.7. The van der Waals surface area contributed by atoms with Crippen molar-refractivity contribution in [3.63, 3.8) is 0 Å². The summed E-state index contributed by atoms with van der Waals surface area (Å²) in [5, 5.41) is 0. The van der Waals surface area contributed by atoms with E-state index in [1.165, 1.54) is 0 Å². The van der Waals surface area contributed by atoms with Crippen molar-refractivity contribution in [2.75, 3.05) is 0 Å². The topological polar surface area (TPSA) is 17.1 Å². The van der Waals surface area contributed by atoms with Crippen LogP contribution in [0.2, 0.25) is 0 Å². The predicted octanol–water partition coefficient (Wildman–Crippen LogP) is 3.87. The van der Waals surface area contributed by atoms with Gasteiger partial charge >= 0.3 is 0 Å². The summed E-state index contributed by atoms with van der Waals surface area (Å²) in [7, 11) is 0. The van der Waals surface area contributed by atoms with Crippen LogP contribution in [0.5, 0.6) is 0 Å². The third kappa shape index (κ3) is 2.92. The molecule has 1 atom stereocenters. The van der Waals surface area contributed by atoms with Crippen LogP contribution in [-0.2, 0) is 4.79 Å². The van der Waals surface area contributed by atoms with Gasteiger partial charge in [-0.25, -0.2) is 0 Å². The third-order valence-corrected chi connectivity index (χ3v) is 3.24. The molecule has 0 heterocycles. The highest BCUT2D eigenvalue weighted by Gasteiger charge is 2.30. The summed E-state index contributed by atoms with van der Waals surface area (Å²) in [6.07, 6.45) is 0. The van der Waals surface area contributed by atoms with E-state index < -0.39 is 4.32 Å². The summed E-state index contributed by atoms with van der Waals surface area (Å²) in [6, 6.07) is 9.68. The number of hydrogen-bond donors (Lipinski definition) is 0. The van der Waals surface area contributed by atoms with E-state index in [0.29, 0.717) is 0 Å². The van der Waals surface area contributed by atoms with Gasteiger partial charge in [-0.1, -0.05) is 62.2 Å².